The van der Waals surface area contributed by atoms with Crippen LogP contribution < -0.4 is 10.1 Å². The predicted molar refractivity (Wildman–Crippen MR) is 144 cm³/mol. The number of rotatable bonds is 9. The third-order valence-electron chi connectivity index (χ3n) is 6.67. The van der Waals surface area contributed by atoms with Gasteiger partial charge in [-0.3, -0.25) is 9.59 Å². The summed E-state index contributed by atoms with van der Waals surface area (Å²) in [5.74, 6) is 1.03. The van der Waals surface area contributed by atoms with Crippen molar-refractivity contribution in [2.75, 3.05) is 45.2 Å². The largest absolute Gasteiger partial charge is 0.497 e. The van der Waals surface area contributed by atoms with Gasteiger partial charge in [-0.2, -0.15) is 0 Å². The first-order valence-electron chi connectivity index (χ1n) is 12.7. The van der Waals surface area contributed by atoms with E-state index in [1.807, 2.05) is 83.8 Å². The van der Waals surface area contributed by atoms with Gasteiger partial charge in [-0.1, -0.05) is 60.7 Å². The first kappa shape index (κ1) is 25.5. The average molecular weight is 486 g/mol. The molecule has 1 aliphatic rings. The average Bonchev–Trinajstić information content (AvgIpc) is 3.17. The predicted octanol–water partition coefficient (Wildman–Crippen LogP) is 4.86. The van der Waals surface area contributed by atoms with E-state index in [1.54, 1.807) is 7.11 Å². The minimum Gasteiger partial charge on any atom is -0.497 e. The highest BCUT2D eigenvalue weighted by molar-refractivity contribution is 5.95. The molecule has 4 rings (SSSR count). The Morgan fingerprint density at radius 3 is 2.36 bits per heavy atom. The lowest BCUT2D eigenvalue weighted by Crippen LogP contribution is -2.36. The Morgan fingerprint density at radius 2 is 1.58 bits per heavy atom. The number of amides is 2. The highest BCUT2D eigenvalue weighted by Gasteiger charge is 2.19. The number of ether oxygens (including phenoxy) is 1. The van der Waals surface area contributed by atoms with Crippen molar-refractivity contribution in [1.82, 2.24) is 9.80 Å². The topological polar surface area (TPSA) is 61.9 Å². The summed E-state index contributed by atoms with van der Waals surface area (Å²) in [6.07, 6.45) is 2.59. The van der Waals surface area contributed by atoms with E-state index in [0.29, 0.717) is 25.9 Å². The lowest BCUT2D eigenvalue weighted by atomic mass is 10.0. The van der Waals surface area contributed by atoms with E-state index >= 15 is 0 Å². The monoisotopic (exact) mass is 485 g/mol. The molecule has 1 heterocycles. The molecular weight excluding hydrogens is 450 g/mol. The van der Waals surface area contributed by atoms with Crippen LogP contribution in [0.15, 0.2) is 78.9 Å². The molecule has 0 unspecified atom stereocenters. The molecule has 188 valence electrons. The van der Waals surface area contributed by atoms with E-state index in [9.17, 15) is 9.59 Å². The number of methoxy groups -OCH3 is 1. The Hall–Kier alpha value is -3.64. The summed E-state index contributed by atoms with van der Waals surface area (Å²) >= 11 is 0. The minimum atomic E-state index is 0.00931. The van der Waals surface area contributed by atoms with E-state index in [0.717, 1.165) is 60.6 Å². The Labute approximate surface area is 213 Å². The SMILES string of the molecule is COc1ccc(CCC(=O)N2CCCN(CCC(=O)Nc3ccccc3-c3ccccc3)CC2)cc1. The van der Waals surface area contributed by atoms with Crippen molar-refractivity contribution >= 4 is 17.5 Å². The van der Waals surface area contributed by atoms with Gasteiger partial charge in [0.25, 0.3) is 0 Å². The van der Waals surface area contributed by atoms with Crippen molar-refractivity contribution in [2.45, 2.75) is 25.7 Å². The van der Waals surface area contributed by atoms with Crippen LogP contribution in [-0.4, -0.2) is 61.4 Å². The summed E-state index contributed by atoms with van der Waals surface area (Å²) in [4.78, 5) is 29.8. The number of para-hydroxylation sites is 1. The van der Waals surface area contributed by atoms with Gasteiger partial charge in [-0.05, 0) is 48.7 Å². The number of hydrogen-bond acceptors (Lipinski definition) is 4. The highest BCUT2D eigenvalue weighted by atomic mass is 16.5. The maximum atomic E-state index is 12.8. The second kappa shape index (κ2) is 12.9. The molecule has 1 saturated heterocycles. The van der Waals surface area contributed by atoms with Crippen LogP contribution >= 0.6 is 0 Å². The lowest BCUT2D eigenvalue weighted by Gasteiger charge is -2.22. The summed E-state index contributed by atoms with van der Waals surface area (Å²) < 4.78 is 5.20. The van der Waals surface area contributed by atoms with Crippen molar-refractivity contribution in [3.63, 3.8) is 0 Å². The molecule has 0 bridgehead atoms. The first-order chi connectivity index (χ1) is 17.6. The normalized spacial score (nSPS) is 14.2. The van der Waals surface area contributed by atoms with E-state index < -0.39 is 0 Å². The summed E-state index contributed by atoms with van der Waals surface area (Å²) in [6.45, 7) is 3.86. The van der Waals surface area contributed by atoms with E-state index in [4.69, 9.17) is 4.74 Å². The van der Waals surface area contributed by atoms with Gasteiger partial charge >= 0.3 is 0 Å². The summed E-state index contributed by atoms with van der Waals surface area (Å²) in [5.41, 5.74) is 4.07. The number of carbonyl (C=O) groups excluding carboxylic acids is 2. The maximum Gasteiger partial charge on any atom is 0.225 e. The number of benzene rings is 3. The molecule has 0 atom stereocenters. The lowest BCUT2D eigenvalue weighted by molar-refractivity contribution is -0.131. The molecule has 3 aromatic rings. The third-order valence-corrected chi connectivity index (χ3v) is 6.67. The first-order valence-corrected chi connectivity index (χ1v) is 12.7. The Morgan fingerprint density at radius 1 is 0.833 bits per heavy atom. The molecule has 6 heteroatoms. The van der Waals surface area contributed by atoms with E-state index in [1.165, 1.54) is 0 Å². The third kappa shape index (κ3) is 7.18. The molecule has 3 aromatic carbocycles. The van der Waals surface area contributed by atoms with Crippen LogP contribution in [0.3, 0.4) is 0 Å². The Balaban J connectivity index is 1.22. The van der Waals surface area contributed by atoms with Gasteiger partial charge in [-0.25, -0.2) is 0 Å². The van der Waals surface area contributed by atoms with Crippen molar-refractivity contribution in [2.24, 2.45) is 0 Å². The molecule has 0 saturated carbocycles. The van der Waals surface area contributed by atoms with Crippen molar-refractivity contribution < 1.29 is 14.3 Å². The van der Waals surface area contributed by atoms with Crippen LogP contribution in [0.1, 0.15) is 24.8 Å². The maximum absolute atomic E-state index is 12.8. The Bertz CT molecular complexity index is 1130. The van der Waals surface area contributed by atoms with Crippen LogP contribution in [0.4, 0.5) is 5.69 Å². The zero-order valence-corrected chi connectivity index (χ0v) is 21.0. The molecule has 1 N–H and O–H groups in total. The van der Waals surface area contributed by atoms with Gasteiger partial charge in [0.2, 0.25) is 11.8 Å². The quantitative estimate of drug-likeness (QED) is 0.470. The summed E-state index contributed by atoms with van der Waals surface area (Å²) in [7, 11) is 1.65. The van der Waals surface area contributed by atoms with Crippen LogP contribution in [0.25, 0.3) is 11.1 Å². The fourth-order valence-electron chi connectivity index (χ4n) is 4.58. The number of anilines is 1. The molecule has 1 fully saturated rings. The highest BCUT2D eigenvalue weighted by Crippen LogP contribution is 2.27. The number of nitrogens with zero attached hydrogens (tertiary/aromatic N) is 2. The molecule has 1 aliphatic heterocycles. The van der Waals surface area contributed by atoms with Gasteiger partial charge in [0.1, 0.15) is 5.75 Å². The van der Waals surface area contributed by atoms with Crippen molar-refractivity contribution in [3.05, 3.63) is 84.4 Å². The Kier molecular flexibility index (Phi) is 9.11. The number of carbonyl (C=O) groups is 2. The number of hydrogen-bond donors (Lipinski definition) is 1. The van der Waals surface area contributed by atoms with E-state index in [2.05, 4.69) is 10.2 Å². The van der Waals surface area contributed by atoms with Crippen molar-refractivity contribution in [3.8, 4) is 16.9 Å². The summed E-state index contributed by atoms with van der Waals surface area (Å²) in [5, 5.41) is 3.09. The molecule has 0 spiro atoms. The zero-order valence-electron chi connectivity index (χ0n) is 21.0. The van der Waals surface area contributed by atoms with Crippen LogP contribution in [0.5, 0.6) is 5.75 Å². The standard InChI is InChI=1S/C30H35N3O3/c1-36-26-15-12-24(13-16-26)14-17-30(35)33-20-7-19-32(22-23-33)21-18-29(34)31-28-11-6-5-10-27(28)25-8-3-2-4-9-25/h2-6,8-13,15-16H,7,14,17-23H2,1H3,(H,31,34). The molecular formula is C30H35N3O3. The molecule has 0 aliphatic carbocycles. The van der Waals surface area contributed by atoms with Crippen molar-refractivity contribution in [1.29, 1.82) is 0 Å². The molecule has 6 nitrogen and oxygen atoms in total. The van der Waals surface area contributed by atoms with Gasteiger partial charge < -0.3 is 19.9 Å². The van der Waals surface area contributed by atoms with Gasteiger partial charge in [0.15, 0.2) is 0 Å². The van der Waals surface area contributed by atoms with Gasteiger partial charge in [0, 0.05) is 50.3 Å². The van der Waals surface area contributed by atoms with Crippen LogP contribution in [0, 0.1) is 0 Å². The van der Waals surface area contributed by atoms with Crippen LogP contribution in [0.2, 0.25) is 0 Å². The second-order valence-electron chi connectivity index (χ2n) is 9.13. The molecule has 0 radical (unpaired) electrons. The minimum absolute atomic E-state index is 0.00931. The number of nitrogens with one attached hydrogen (secondary N) is 1. The molecule has 2 amide bonds. The fourth-order valence-corrected chi connectivity index (χ4v) is 4.58. The van der Waals surface area contributed by atoms with E-state index in [-0.39, 0.29) is 11.8 Å². The van der Waals surface area contributed by atoms with Gasteiger partial charge in [-0.15, -0.1) is 0 Å². The molecule has 36 heavy (non-hydrogen) atoms. The zero-order chi connectivity index (χ0) is 25.2. The fraction of sp³-hybridized carbons (Fsp3) is 0.333. The van der Waals surface area contributed by atoms with Crippen LogP contribution in [-0.2, 0) is 16.0 Å². The number of aryl methyl sites for hydroxylation is 1. The second-order valence-corrected chi connectivity index (χ2v) is 9.13. The summed E-state index contributed by atoms with van der Waals surface area (Å²) in [6, 6.07) is 25.9. The molecule has 0 aromatic heterocycles. The van der Waals surface area contributed by atoms with Gasteiger partial charge in [0.05, 0.1) is 7.11 Å². The smallest absolute Gasteiger partial charge is 0.225 e.